The van der Waals surface area contributed by atoms with Crippen LogP contribution in [0.15, 0.2) is 0 Å². The van der Waals surface area contributed by atoms with E-state index in [2.05, 4.69) is 4.74 Å². The summed E-state index contributed by atoms with van der Waals surface area (Å²) in [6.07, 6.45) is -0.613. The van der Waals surface area contributed by atoms with Gasteiger partial charge in [0, 0.05) is 0 Å². The van der Waals surface area contributed by atoms with Gasteiger partial charge in [-0.2, -0.15) is 0 Å². The van der Waals surface area contributed by atoms with Crippen LogP contribution in [-0.4, -0.2) is 12.7 Å². The molecular formula is C3H8NO3P. The minimum absolute atomic E-state index is 0.311. The second-order valence-electron chi connectivity index (χ2n) is 0.983. The third-order valence-corrected chi connectivity index (χ3v) is 0.806. The predicted molar refractivity (Wildman–Crippen MR) is 30.6 cm³/mol. The Morgan fingerprint density at radius 3 is 2.88 bits per heavy atom. The molecule has 0 rings (SSSR count). The molecule has 0 aliphatic rings. The van der Waals surface area contributed by atoms with Gasteiger partial charge in [-0.15, -0.1) is 0 Å². The van der Waals surface area contributed by atoms with Crippen molar-refractivity contribution in [3.8, 4) is 0 Å². The highest BCUT2D eigenvalue weighted by Crippen LogP contribution is 1.83. The van der Waals surface area contributed by atoms with Gasteiger partial charge in [-0.05, 0) is 6.92 Å². The van der Waals surface area contributed by atoms with Crippen molar-refractivity contribution in [1.82, 2.24) is 5.09 Å². The van der Waals surface area contributed by atoms with Crippen LogP contribution in [0, 0.1) is 0 Å². The molecule has 0 aliphatic carbocycles. The molecule has 1 N–H and O–H groups in total. The lowest BCUT2D eigenvalue weighted by Crippen LogP contribution is -2.13. The highest BCUT2D eigenvalue weighted by molar-refractivity contribution is 7.22. The third-order valence-electron chi connectivity index (χ3n) is 0.452. The van der Waals surface area contributed by atoms with Gasteiger partial charge in [-0.25, -0.2) is 4.79 Å². The highest BCUT2D eigenvalue weighted by atomic mass is 31.1. The summed E-state index contributed by atoms with van der Waals surface area (Å²) in [5.41, 5.74) is 0. The van der Waals surface area contributed by atoms with Crippen molar-refractivity contribution in [1.29, 1.82) is 0 Å². The molecule has 8 heavy (non-hydrogen) atoms. The SMILES string of the molecule is CCOC(=O)N[PH2]=O. The summed E-state index contributed by atoms with van der Waals surface area (Å²) in [7, 11) is -1.23. The van der Waals surface area contributed by atoms with Crippen molar-refractivity contribution in [2.45, 2.75) is 6.92 Å². The van der Waals surface area contributed by atoms with Gasteiger partial charge < -0.3 is 9.30 Å². The topological polar surface area (TPSA) is 55.4 Å². The van der Waals surface area contributed by atoms with E-state index in [4.69, 9.17) is 0 Å². The average molecular weight is 137 g/mol. The van der Waals surface area contributed by atoms with Crippen molar-refractivity contribution in [3.05, 3.63) is 0 Å². The molecule has 0 heterocycles. The van der Waals surface area contributed by atoms with Crippen LogP contribution < -0.4 is 5.09 Å². The van der Waals surface area contributed by atoms with Gasteiger partial charge in [-0.1, -0.05) is 0 Å². The highest BCUT2D eigenvalue weighted by Gasteiger charge is 1.92. The van der Waals surface area contributed by atoms with Crippen LogP contribution in [0.25, 0.3) is 0 Å². The van der Waals surface area contributed by atoms with Crippen LogP contribution in [0.1, 0.15) is 6.92 Å². The average Bonchev–Trinajstić information content (AvgIpc) is 1.68. The molecule has 0 aromatic heterocycles. The van der Waals surface area contributed by atoms with Crippen molar-refractivity contribution in [2.75, 3.05) is 6.61 Å². The maximum Gasteiger partial charge on any atom is 0.412 e. The maximum absolute atomic E-state index is 10.1. The first-order valence-corrected chi connectivity index (χ1v) is 3.23. The number of amides is 1. The molecule has 0 radical (unpaired) electrons. The molecule has 1 amide bonds. The number of carbonyl (C=O) groups is 1. The minimum Gasteiger partial charge on any atom is -0.450 e. The zero-order valence-electron chi connectivity index (χ0n) is 4.51. The van der Waals surface area contributed by atoms with Crippen molar-refractivity contribution in [2.24, 2.45) is 0 Å². The third kappa shape index (κ3) is 3.68. The first-order chi connectivity index (χ1) is 3.81. The molecule has 0 aromatic rings. The lowest BCUT2D eigenvalue weighted by atomic mass is 10.9. The normalized spacial score (nSPS) is 9.62. The molecule has 0 bridgehead atoms. The Balaban J connectivity index is 3.18. The summed E-state index contributed by atoms with van der Waals surface area (Å²) in [5.74, 6) is 0. The summed E-state index contributed by atoms with van der Waals surface area (Å²) in [5, 5.41) is 2.01. The molecule has 0 aliphatic heterocycles. The molecule has 1 atom stereocenters. The Morgan fingerprint density at radius 2 is 2.50 bits per heavy atom. The van der Waals surface area contributed by atoms with Crippen LogP contribution in [0.3, 0.4) is 0 Å². The molecule has 5 heteroatoms. The second-order valence-corrected chi connectivity index (χ2v) is 1.51. The standard InChI is InChI=1S/C3H8NO3P/c1-2-7-3(5)4-8-6/h2,8H2,1H3,(H,4,5,6). The van der Waals surface area contributed by atoms with Gasteiger partial charge in [0.2, 0.25) is 0 Å². The van der Waals surface area contributed by atoms with Crippen molar-refractivity contribution >= 4 is 14.7 Å². The summed E-state index contributed by atoms with van der Waals surface area (Å²) in [6, 6.07) is 0. The summed E-state index contributed by atoms with van der Waals surface area (Å²) >= 11 is 0. The van der Waals surface area contributed by atoms with Gasteiger partial charge in [0.05, 0.1) is 6.61 Å². The Labute approximate surface area is 48.5 Å². The number of ether oxygens (including phenoxy) is 1. The smallest absolute Gasteiger partial charge is 0.412 e. The molecular weight excluding hydrogens is 129 g/mol. The van der Waals surface area contributed by atoms with Crippen LogP contribution in [0.4, 0.5) is 4.79 Å². The molecule has 0 saturated carbocycles. The van der Waals surface area contributed by atoms with E-state index >= 15 is 0 Å². The van der Waals surface area contributed by atoms with Gasteiger partial charge in [0.1, 0.15) is 0 Å². The fourth-order valence-electron chi connectivity index (χ4n) is 0.221. The number of rotatable bonds is 2. The monoisotopic (exact) mass is 137 g/mol. The first-order valence-electron chi connectivity index (χ1n) is 2.18. The van der Waals surface area contributed by atoms with Crippen LogP contribution >= 0.6 is 8.61 Å². The van der Waals surface area contributed by atoms with E-state index in [1.807, 2.05) is 5.09 Å². The first kappa shape index (κ1) is 7.50. The quantitative estimate of drug-likeness (QED) is 0.560. The molecule has 1 unspecified atom stereocenters. The molecule has 0 saturated heterocycles. The number of hydrogen-bond acceptors (Lipinski definition) is 3. The largest absolute Gasteiger partial charge is 0.450 e. The fraction of sp³-hybridized carbons (Fsp3) is 0.667. The van der Waals surface area contributed by atoms with Crippen LogP contribution in [-0.2, 0) is 9.30 Å². The maximum atomic E-state index is 10.1. The molecule has 48 valence electrons. The Kier molecular flexibility index (Phi) is 4.36. The lowest BCUT2D eigenvalue weighted by molar-refractivity contribution is 0.159. The van der Waals surface area contributed by atoms with Crippen LogP contribution in [0.2, 0.25) is 0 Å². The van der Waals surface area contributed by atoms with Gasteiger partial charge in [0.15, 0.2) is 8.61 Å². The van der Waals surface area contributed by atoms with Gasteiger partial charge >= 0.3 is 6.09 Å². The van der Waals surface area contributed by atoms with E-state index in [-0.39, 0.29) is 0 Å². The van der Waals surface area contributed by atoms with Crippen LogP contribution in [0.5, 0.6) is 0 Å². The van der Waals surface area contributed by atoms with Crippen molar-refractivity contribution < 1.29 is 14.1 Å². The fourth-order valence-corrected chi connectivity index (χ4v) is 0.400. The lowest BCUT2D eigenvalue weighted by Gasteiger charge is -1.95. The van der Waals surface area contributed by atoms with Gasteiger partial charge in [-0.3, -0.25) is 5.09 Å². The summed E-state index contributed by atoms with van der Waals surface area (Å²) in [4.78, 5) is 10.1. The van der Waals surface area contributed by atoms with E-state index in [1.165, 1.54) is 0 Å². The Hall–Kier alpha value is -0.500. The zero-order valence-corrected chi connectivity index (χ0v) is 5.66. The number of carbonyl (C=O) groups excluding carboxylic acids is 1. The van der Waals surface area contributed by atoms with E-state index < -0.39 is 14.7 Å². The second kappa shape index (κ2) is 4.65. The summed E-state index contributed by atoms with van der Waals surface area (Å²) in [6.45, 7) is 1.99. The number of nitrogens with one attached hydrogen (secondary N) is 1. The predicted octanol–water partition coefficient (Wildman–Crippen LogP) is 0.404. The molecule has 0 fully saturated rings. The van der Waals surface area contributed by atoms with Gasteiger partial charge in [0.25, 0.3) is 0 Å². The molecule has 4 nitrogen and oxygen atoms in total. The Bertz CT molecular complexity index is 94.5. The van der Waals surface area contributed by atoms with E-state index in [0.717, 1.165) is 0 Å². The minimum atomic E-state index is -1.23. The Morgan fingerprint density at radius 1 is 1.88 bits per heavy atom. The molecule has 0 aromatic carbocycles. The number of hydrogen-bond donors (Lipinski definition) is 1. The summed E-state index contributed by atoms with van der Waals surface area (Å²) < 4.78 is 14.0. The zero-order chi connectivity index (χ0) is 6.41. The molecule has 0 spiro atoms. The van der Waals surface area contributed by atoms with E-state index in [1.54, 1.807) is 6.92 Å². The van der Waals surface area contributed by atoms with E-state index in [9.17, 15) is 9.36 Å². The van der Waals surface area contributed by atoms with Crippen molar-refractivity contribution in [3.63, 3.8) is 0 Å². The van der Waals surface area contributed by atoms with E-state index in [0.29, 0.717) is 6.61 Å².